The van der Waals surface area contributed by atoms with Crippen LogP contribution in [0, 0.1) is 0 Å². The highest BCUT2D eigenvalue weighted by molar-refractivity contribution is 5.89. The van der Waals surface area contributed by atoms with Gasteiger partial charge in [-0.25, -0.2) is 9.59 Å². The average Bonchev–Trinajstić information content (AvgIpc) is 2.88. The summed E-state index contributed by atoms with van der Waals surface area (Å²) in [5, 5.41) is 8.53. The van der Waals surface area contributed by atoms with E-state index in [1.807, 2.05) is 78.9 Å². The molecule has 0 aliphatic carbocycles. The van der Waals surface area contributed by atoms with Crippen molar-refractivity contribution in [3.8, 4) is 0 Å². The number of nitrogens with one attached hydrogen (secondary N) is 3. The predicted molar refractivity (Wildman–Crippen MR) is 135 cm³/mol. The number of hydrogen-bond donors (Lipinski definition) is 3. The Hall–Kier alpha value is -4.59. The van der Waals surface area contributed by atoms with Crippen molar-refractivity contribution in [2.75, 3.05) is 16.8 Å². The van der Waals surface area contributed by atoms with Gasteiger partial charge in [0.15, 0.2) is 0 Å². The summed E-state index contributed by atoms with van der Waals surface area (Å²) in [4.78, 5) is 38.5. The minimum absolute atomic E-state index is 0.176. The zero-order valence-electron chi connectivity index (χ0n) is 19.4. The summed E-state index contributed by atoms with van der Waals surface area (Å²) in [6.07, 6.45) is -1.01. The van der Waals surface area contributed by atoms with E-state index in [1.54, 1.807) is 24.0 Å². The molecule has 0 spiro atoms. The highest BCUT2D eigenvalue weighted by Gasteiger charge is 2.30. The first kappa shape index (κ1) is 25.0. The van der Waals surface area contributed by atoms with E-state index in [1.165, 1.54) is 0 Å². The van der Waals surface area contributed by atoms with Crippen molar-refractivity contribution >= 4 is 29.8 Å². The number of hydrogen-bond acceptors (Lipinski definition) is 5. The number of anilines is 2. The van der Waals surface area contributed by atoms with Crippen LogP contribution >= 0.6 is 0 Å². The molecular formula is C27H28N4O4. The second kappa shape index (κ2) is 12.6. The molecule has 3 aromatic carbocycles. The number of amides is 3. The van der Waals surface area contributed by atoms with Gasteiger partial charge in [-0.1, -0.05) is 73.3 Å². The van der Waals surface area contributed by atoms with Gasteiger partial charge in [0.2, 0.25) is 6.41 Å². The van der Waals surface area contributed by atoms with Gasteiger partial charge in [0.1, 0.15) is 18.9 Å². The number of benzene rings is 3. The fourth-order valence-corrected chi connectivity index (χ4v) is 3.44. The Labute approximate surface area is 204 Å². The zero-order chi connectivity index (χ0) is 25.0. The van der Waals surface area contributed by atoms with Crippen LogP contribution in [0.15, 0.2) is 103 Å². The van der Waals surface area contributed by atoms with Crippen molar-refractivity contribution in [3.63, 3.8) is 0 Å². The van der Waals surface area contributed by atoms with Gasteiger partial charge in [-0.15, -0.1) is 0 Å². The third kappa shape index (κ3) is 7.20. The molecule has 0 bridgehead atoms. The number of ether oxygens (including phenoxy) is 1. The quantitative estimate of drug-likeness (QED) is 0.168. The molecule has 0 aliphatic rings. The fourth-order valence-electron chi connectivity index (χ4n) is 3.44. The summed E-state index contributed by atoms with van der Waals surface area (Å²) in [5.41, 5.74) is 2.30. The molecule has 180 valence electrons. The number of para-hydroxylation sites is 2. The van der Waals surface area contributed by atoms with Crippen LogP contribution in [-0.2, 0) is 14.3 Å². The predicted octanol–water partition coefficient (Wildman–Crippen LogP) is 4.20. The van der Waals surface area contributed by atoms with E-state index in [2.05, 4.69) is 22.5 Å². The molecular weight excluding hydrogens is 444 g/mol. The number of nitrogens with zero attached hydrogens (tertiary/aromatic N) is 1. The van der Waals surface area contributed by atoms with Gasteiger partial charge in [-0.05, 0) is 36.8 Å². The molecule has 8 nitrogen and oxygen atoms in total. The van der Waals surface area contributed by atoms with Gasteiger partial charge in [0.25, 0.3) is 0 Å². The maximum Gasteiger partial charge on any atom is 0.333 e. The van der Waals surface area contributed by atoms with Gasteiger partial charge >= 0.3 is 12.0 Å². The van der Waals surface area contributed by atoms with E-state index in [4.69, 9.17) is 4.74 Å². The van der Waals surface area contributed by atoms with Crippen LogP contribution in [0.25, 0.3) is 0 Å². The number of rotatable bonds is 11. The summed E-state index contributed by atoms with van der Waals surface area (Å²) in [7, 11) is 0. The lowest BCUT2D eigenvalue weighted by Gasteiger charge is -2.39. The molecule has 0 saturated carbocycles. The lowest BCUT2D eigenvalue weighted by Crippen LogP contribution is -2.55. The topological polar surface area (TPSA) is 99.8 Å². The van der Waals surface area contributed by atoms with E-state index >= 15 is 0 Å². The molecule has 2 unspecified atom stereocenters. The zero-order valence-corrected chi connectivity index (χ0v) is 19.4. The second-order valence-electron chi connectivity index (χ2n) is 7.70. The number of esters is 1. The monoisotopic (exact) mass is 472 g/mol. The van der Waals surface area contributed by atoms with Crippen LogP contribution in [0.4, 0.5) is 16.2 Å². The molecule has 0 saturated heterocycles. The number of carbonyl (C=O) groups is 3. The molecule has 2 atom stereocenters. The summed E-state index contributed by atoms with van der Waals surface area (Å²) in [5.74, 6) is -0.582. The molecule has 8 heteroatoms. The Kier molecular flexibility index (Phi) is 9.01. The molecule has 0 radical (unpaired) electrons. The second-order valence-corrected chi connectivity index (χ2v) is 7.70. The molecule has 35 heavy (non-hydrogen) atoms. The third-order valence-electron chi connectivity index (χ3n) is 5.06. The smallest absolute Gasteiger partial charge is 0.333 e. The standard InChI is InChI=1S/C27H28N4O4/c1-20(2)26(33)35-18-24(28-19-32)31(23-16-10-5-11-17-23)25(21-12-6-3-7-13-21)30-27(34)29-22-14-8-4-9-15-22/h3-17,19,24-25H,1,18H2,2H3,(H,28,32)(H2,29,30,34). The van der Waals surface area contributed by atoms with E-state index < -0.39 is 24.3 Å². The van der Waals surface area contributed by atoms with Crippen LogP contribution in [0.5, 0.6) is 0 Å². The van der Waals surface area contributed by atoms with E-state index in [0.29, 0.717) is 17.8 Å². The van der Waals surface area contributed by atoms with Gasteiger partial charge in [0, 0.05) is 16.9 Å². The van der Waals surface area contributed by atoms with Crippen LogP contribution in [0.2, 0.25) is 0 Å². The van der Waals surface area contributed by atoms with E-state index in [9.17, 15) is 14.4 Å². The summed E-state index contributed by atoms with van der Waals surface area (Å²) in [6, 6.07) is 27.1. The summed E-state index contributed by atoms with van der Waals surface area (Å²) < 4.78 is 5.38. The SMILES string of the molecule is C=C(C)C(=O)OCC(NC=O)N(c1ccccc1)C(NC(=O)Nc1ccccc1)c1ccccc1. The van der Waals surface area contributed by atoms with Crippen molar-refractivity contribution in [2.24, 2.45) is 0 Å². The maximum atomic E-state index is 13.0. The van der Waals surface area contributed by atoms with Crippen LogP contribution in [-0.4, -0.2) is 31.2 Å². The molecule has 3 aromatic rings. The lowest BCUT2D eigenvalue weighted by atomic mass is 10.1. The minimum atomic E-state index is -0.805. The van der Waals surface area contributed by atoms with Crippen LogP contribution in [0.3, 0.4) is 0 Å². The first-order valence-electron chi connectivity index (χ1n) is 11.0. The highest BCUT2D eigenvalue weighted by atomic mass is 16.5. The molecule has 3 rings (SSSR count). The van der Waals surface area contributed by atoms with Gasteiger partial charge in [-0.3, -0.25) is 4.79 Å². The molecule has 0 fully saturated rings. The largest absolute Gasteiger partial charge is 0.458 e. The van der Waals surface area contributed by atoms with Gasteiger partial charge in [-0.2, -0.15) is 0 Å². The van der Waals surface area contributed by atoms with Crippen LogP contribution < -0.4 is 20.9 Å². The van der Waals surface area contributed by atoms with E-state index in [0.717, 1.165) is 5.56 Å². The summed E-state index contributed by atoms with van der Waals surface area (Å²) >= 11 is 0. The third-order valence-corrected chi connectivity index (χ3v) is 5.06. The molecule has 0 heterocycles. The first-order chi connectivity index (χ1) is 17.0. The molecule has 3 N–H and O–H groups in total. The van der Waals surface area contributed by atoms with Crippen molar-refractivity contribution in [3.05, 3.63) is 109 Å². The Morgan fingerprint density at radius 3 is 2.09 bits per heavy atom. The minimum Gasteiger partial charge on any atom is -0.458 e. The maximum absolute atomic E-state index is 13.0. The van der Waals surface area contributed by atoms with Crippen LogP contribution in [0.1, 0.15) is 18.7 Å². The number of carbonyl (C=O) groups excluding carboxylic acids is 3. The molecule has 0 aromatic heterocycles. The normalized spacial score (nSPS) is 11.9. The molecule has 3 amide bonds. The van der Waals surface area contributed by atoms with Crippen molar-refractivity contribution < 1.29 is 19.1 Å². The van der Waals surface area contributed by atoms with Crippen molar-refractivity contribution in [1.29, 1.82) is 0 Å². The lowest BCUT2D eigenvalue weighted by molar-refractivity contribution is -0.140. The Morgan fingerprint density at radius 1 is 0.943 bits per heavy atom. The van der Waals surface area contributed by atoms with Gasteiger partial charge in [0.05, 0.1) is 0 Å². The fraction of sp³-hybridized carbons (Fsp3) is 0.148. The van der Waals surface area contributed by atoms with Crippen molar-refractivity contribution in [2.45, 2.75) is 19.3 Å². The highest BCUT2D eigenvalue weighted by Crippen LogP contribution is 2.27. The number of urea groups is 1. The Bertz CT molecular complexity index is 1120. The Morgan fingerprint density at radius 2 is 1.51 bits per heavy atom. The van der Waals surface area contributed by atoms with Crippen molar-refractivity contribution in [1.82, 2.24) is 10.6 Å². The van der Waals surface area contributed by atoms with Gasteiger partial charge < -0.3 is 25.6 Å². The average molecular weight is 473 g/mol. The first-order valence-corrected chi connectivity index (χ1v) is 11.0. The van der Waals surface area contributed by atoms with E-state index in [-0.39, 0.29) is 12.2 Å². The summed E-state index contributed by atoms with van der Waals surface area (Å²) in [6.45, 7) is 4.97. The Balaban J connectivity index is 1.99. The molecule has 0 aliphatic heterocycles.